The molecule has 7 heteroatoms. The second kappa shape index (κ2) is 4.50. The van der Waals surface area contributed by atoms with Crippen molar-refractivity contribution < 1.29 is 14.2 Å². The second-order valence-corrected chi connectivity index (χ2v) is 4.69. The van der Waals surface area contributed by atoms with Crippen molar-refractivity contribution in [1.29, 1.82) is 0 Å². The number of rotatable bonds is 2. The van der Waals surface area contributed by atoms with E-state index in [-0.39, 0.29) is 0 Å². The number of nitrogens with zero attached hydrogens (tertiary/aromatic N) is 4. The molecule has 1 N–H and O–H groups in total. The number of aliphatic hydroxyl groups excluding tert-OH is 1. The number of halogens is 1. The number of aliphatic hydroxyl groups is 1. The lowest BCUT2D eigenvalue weighted by molar-refractivity contribution is -0.0238. The first-order valence-corrected chi connectivity index (χ1v) is 6.25. The first kappa shape index (κ1) is 12.4. The third kappa shape index (κ3) is 1.81. The van der Waals surface area contributed by atoms with E-state index in [0.29, 0.717) is 17.6 Å². The number of ether oxygens (including phenoxy) is 1. The molecule has 4 atom stereocenters. The van der Waals surface area contributed by atoms with Gasteiger partial charge in [-0.3, -0.25) is 4.57 Å². The van der Waals surface area contributed by atoms with Crippen LogP contribution >= 0.6 is 0 Å². The number of imidazole rings is 1. The Morgan fingerprint density at radius 1 is 1.42 bits per heavy atom. The average Bonchev–Trinajstić information content (AvgIpc) is 2.94. The van der Waals surface area contributed by atoms with Crippen molar-refractivity contribution in [3.63, 3.8) is 0 Å². The van der Waals surface area contributed by atoms with E-state index in [1.54, 1.807) is 0 Å². The van der Waals surface area contributed by atoms with Gasteiger partial charge in [0.25, 0.3) is 0 Å². The molecule has 2 aromatic heterocycles. The Hall–Kier alpha value is -1.60. The summed E-state index contributed by atoms with van der Waals surface area (Å²) in [7, 11) is 0. The quantitative estimate of drug-likeness (QED) is 0.882. The molecule has 1 saturated heterocycles. The summed E-state index contributed by atoms with van der Waals surface area (Å²) in [4.78, 5) is 12.3. The normalized spacial score (nSPS) is 31.2. The van der Waals surface area contributed by atoms with Gasteiger partial charge in [-0.05, 0) is 13.3 Å². The van der Waals surface area contributed by atoms with Gasteiger partial charge in [0.2, 0.25) is 0 Å². The van der Waals surface area contributed by atoms with Crippen LogP contribution in [0, 0.1) is 6.92 Å². The smallest absolute Gasteiger partial charge is 0.173 e. The first-order chi connectivity index (χ1) is 9.13. The molecule has 1 fully saturated rings. The molecule has 0 spiro atoms. The van der Waals surface area contributed by atoms with Crippen LogP contribution in [0.4, 0.5) is 4.39 Å². The molecule has 0 aliphatic carbocycles. The van der Waals surface area contributed by atoms with Crippen LogP contribution in [0.3, 0.4) is 0 Å². The maximum Gasteiger partial charge on any atom is 0.173 e. The molecule has 19 heavy (non-hydrogen) atoms. The summed E-state index contributed by atoms with van der Waals surface area (Å²) in [6, 6.07) is 0. The molecule has 0 amide bonds. The van der Waals surface area contributed by atoms with Gasteiger partial charge in [-0.25, -0.2) is 19.3 Å². The van der Waals surface area contributed by atoms with E-state index in [4.69, 9.17) is 4.74 Å². The van der Waals surface area contributed by atoms with E-state index in [0.717, 1.165) is 5.69 Å². The zero-order chi connectivity index (χ0) is 13.6. The Labute approximate surface area is 109 Å². The van der Waals surface area contributed by atoms with Gasteiger partial charge >= 0.3 is 0 Å². The molecule has 102 valence electrons. The fraction of sp³-hybridized carbons (Fsp3) is 0.583. The topological polar surface area (TPSA) is 73.1 Å². The summed E-state index contributed by atoms with van der Waals surface area (Å²) in [6.45, 7) is 3.66. The van der Waals surface area contributed by atoms with Crippen LogP contribution in [0.2, 0.25) is 0 Å². The summed E-state index contributed by atoms with van der Waals surface area (Å²) >= 11 is 0. The average molecular weight is 266 g/mol. The van der Waals surface area contributed by atoms with Gasteiger partial charge in [0, 0.05) is 0 Å². The van der Waals surface area contributed by atoms with Gasteiger partial charge in [0.1, 0.15) is 17.9 Å². The largest absolute Gasteiger partial charge is 0.387 e. The monoisotopic (exact) mass is 266 g/mol. The summed E-state index contributed by atoms with van der Waals surface area (Å²) in [5, 5.41) is 9.79. The standard InChI is InChI=1S/C12H15FN4O2/c1-3-7-10(18)8(13)12(19-7)17-5-16-9-6(2)14-4-15-11(9)17/h4-5,7-8,10,12,18H,3H2,1-2H3/t7-,8+,10-,12-/m1/s1. The zero-order valence-electron chi connectivity index (χ0n) is 10.7. The van der Waals surface area contributed by atoms with Crippen LogP contribution in [0.1, 0.15) is 25.3 Å². The van der Waals surface area contributed by atoms with Gasteiger partial charge in [-0.2, -0.15) is 0 Å². The first-order valence-electron chi connectivity index (χ1n) is 6.25. The van der Waals surface area contributed by atoms with Gasteiger partial charge < -0.3 is 9.84 Å². The van der Waals surface area contributed by atoms with Gasteiger partial charge in [-0.15, -0.1) is 0 Å². The molecule has 1 aliphatic heterocycles. The van der Waals surface area contributed by atoms with E-state index in [1.165, 1.54) is 17.2 Å². The second-order valence-electron chi connectivity index (χ2n) is 4.69. The van der Waals surface area contributed by atoms with Crippen molar-refractivity contribution in [2.24, 2.45) is 0 Å². The van der Waals surface area contributed by atoms with E-state index in [2.05, 4.69) is 15.0 Å². The van der Waals surface area contributed by atoms with Crippen LogP contribution in [-0.2, 0) is 4.74 Å². The van der Waals surface area contributed by atoms with E-state index in [1.807, 2.05) is 13.8 Å². The van der Waals surface area contributed by atoms with Gasteiger partial charge in [0.05, 0.1) is 18.1 Å². The lowest BCUT2D eigenvalue weighted by Gasteiger charge is -2.14. The van der Waals surface area contributed by atoms with Gasteiger partial charge in [0.15, 0.2) is 18.0 Å². The molecule has 3 rings (SSSR count). The highest BCUT2D eigenvalue weighted by molar-refractivity contribution is 5.72. The number of aryl methyl sites for hydroxylation is 1. The Kier molecular flexibility index (Phi) is 2.94. The highest BCUT2D eigenvalue weighted by Gasteiger charge is 2.44. The Bertz CT molecular complexity index is 602. The minimum atomic E-state index is -1.49. The molecular weight excluding hydrogens is 251 g/mol. The van der Waals surface area contributed by atoms with Crippen LogP contribution in [-0.4, -0.2) is 43.0 Å². The number of fused-ring (bicyclic) bond motifs is 1. The van der Waals surface area contributed by atoms with E-state index >= 15 is 0 Å². The van der Waals surface area contributed by atoms with E-state index in [9.17, 15) is 9.50 Å². The molecule has 0 unspecified atom stereocenters. The minimum Gasteiger partial charge on any atom is -0.387 e. The van der Waals surface area contributed by atoms with Gasteiger partial charge in [-0.1, -0.05) is 6.92 Å². The van der Waals surface area contributed by atoms with Crippen molar-refractivity contribution in [1.82, 2.24) is 19.5 Å². The highest BCUT2D eigenvalue weighted by atomic mass is 19.1. The fourth-order valence-electron chi connectivity index (χ4n) is 2.42. The predicted octanol–water partition coefficient (Wildman–Crippen LogP) is 1.14. The van der Waals surface area contributed by atoms with E-state index < -0.39 is 24.6 Å². The Balaban J connectivity index is 2.04. The lowest BCUT2D eigenvalue weighted by atomic mass is 10.1. The molecule has 0 radical (unpaired) electrons. The molecule has 2 aromatic rings. The summed E-state index contributed by atoms with van der Waals surface area (Å²) in [5.41, 5.74) is 1.86. The summed E-state index contributed by atoms with van der Waals surface area (Å²) < 4.78 is 21.2. The molecule has 0 saturated carbocycles. The van der Waals surface area contributed by atoms with Crippen LogP contribution < -0.4 is 0 Å². The Morgan fingerprint density at radius 3 is 2.89 bits per heavy atom. The molecule has 3 heterocycles. The maximum absolute atomic E-state index is 14.1. The maximum atomic E-state index is 14.1. The molecule has 0 aromatic carbocycles. The number of hydrogen-bond acceptors (Lipinski definition) is 5. The number of hydrogen-bond donors (Lipinski definition) is 1. The molecule has 0 bridgehead atoms. The predicted molar refractivity (Wildman–Crippen MR) is 65.2 cm³/mol. The Morgan fingerprint density at radius 2 is 2.21 bits per heavy atom. The number of alkyl halides is 1. The van der Waals surface area contributed by atoms with Crippen molar-refractivity contribution in [3.8, 4) is 0 Å². The molecule has 6 nitrogen and oxygen atoms in total. The fourth-order valence-corrected chi connectivity index (χ4v) is 2.42. The van der Waals surface area contributed by atoms with Crippen molar-refractivity contribution >= 4 is 11.2 Å². The summed E-state index contributed by atoms with van der Waals surface area (Å²) in [5.74, 6) is 0. The van der Waals surface area contributed by atoms with Crippen molar-refractivity contribution in [2.75, 3.05) is 0 Å². The summed E-state index contributed by atoms with van der Waals surface area (Å²) in [6.07, 6.45) is -0.550. The highest BCUT2D eigenvalue weighted by Crippen LogP contribution is 2.34. The SMILES string of the molecule is CC[C@H]1O[C@@H](n2cnc3c(C)ncnc32)[C@@H](F)[C@@H]1O. The third-order valence-corrected chi connectivity index (χ3v) is 3.51. The molecule has 1 aliphatic rings. The van der Waals surface area contributed by atoms with Crippen molar-refractivity contribution in [3.05, 3.63) is 18.3 Å². The minimum absolute atomic E-state index is 0.500. The zero-order valence-corrected chi connectivity index (χ0v) is 10.7. The third-order valence-electron chi connectivity index (χ3n) is 3.51. The lowest BCUT2D eigenvalue weighted by Crippen LogP contribution is -2.27. The number of aromatic nitrogens is 4. The van der Waals surface area contributed by atoms with Crippen LogP contribution in [0.25, 0.3) is 11.2 Å². The van der Waals surface area contributed by atoms with Crippen LogP contribution in [0.15, 0.2) is 12.7 Å². The molecular formula is C12H15FN4O2. The van der Waals surface area contributed by atoms with Crippen molar-refractivity contribution in [2.45, 2.75) is 44.9 Å². The van der Waals surface area contributed by atoms with Crippen LogP contribution in [0.5, 0.6) is 0 Å².